The van der Waals surface area contributed by atoms with Crippen LogP contribution in [0.1, 0.15) is 278 Å². The van der Waals surface area contributed by atoms with E-state index in [1.54, 1.807) is 0 Å². The highest BCUT2D eigenvalue weighted by molar-refractivity contribution is 5.71. The average molecular weight is 883 g/mol. The molecule has 0 heterocycles. The van der Waals surface area contributed by atoms with Crippen molar-refractivity contribution >= 4 is 17.9 Å². The van der Waals surface area contributed by atoms with Crippen molar-refractivity contribution in [2.45, 2.75) is 284 Å². The third-order valence-electron chi connectivity index (χ3n) is 11.8. The van der Waals surface area contributed by atoms with E-state index in [0.29, 0.717) is 19.3 Å². The Morgan fingerprint density at radius 3 is 0.984 bits per heavy atom. The van der Waals surface area contributed by atoms with Crippen LogP contribution in [0, 0.1) is 0 Å². The number of ether oxygens (including phenoxy) is 3. The Labute approximate surface area is 390 Å². The summed E-state index contributed by atoms with van der Waals surface area (Å²) in [7, 11) is 0. The van der Waals surface area contributed by atoms with Gasteiger partial charge in [-0.1, -0.05) is 230 Å². The minimum Gasteiger partial charge on any atom is -0.462 e. The van der Waals surface area contributed by atoms with Crippen molar-refractivity contribution in [2.75, 3.05) is 13.2 Å². The molecule has 0 aromatic heterocycles. The Kier molecular flexibility index (Phi) is 49.8. The fourth-order valence-corrected chi connectivity index (χ4v) is 7.75. The lowest BCUT2D eigenvalue weighted by Crippen LogP contribution is -2.30. The van der Waals surface area contributed by atoms with Crippen LogP contribution in [0.25, 0.3) is 0 Å². The molecule has 0 aromatic rings. The average Bonchev–Trinajstić information content (AvgIpc) is 3.28. The molecule has 0 N–H and O–H groups in total. The predicted octanol–water partition coefficient (Wildman–Crippen LogP) is 17.9. The van der Waals surface area contributed by atoms with Crippen molar-refractivity contribution in [1.29, 1.82) is 0 Å². The lowest BCUT2D eigenvalue weighted by molar-refractivity contribution is -0.167. The Bertz CT molecular complexity index is 1110. The summed E-state index contributed by atoms with van der Waals surface area (Å²) in [6, 6.07) is 0. The van der Waals surface area contributed by atoms with E-state index in [1.807, 2.05) is 0 Å². The molecule has 6 nitrogen and oxygen atoms in total. The van der Waals surface area contributed by atoms with Gasteiger partial charge in [0, 0.05) is 19.3 Å². The van der Waals surface area contributed by atoms with Crippen LogP contribution in [0.4, 0.5) is 0 Å². The fraction of sp³-hybridized carbons (Fsp3) is 0.807. The lowest BCUT2D eigenvalue weighted by atomic mass is 10.0. The van der Waals surface area contributed by atoms with Gasteiger partial charge in [-0.05, 0) is 77.0 Å². The molecular formula is C57H102O6. The molecule has 1 atom stereocenters. The van der Waals surface area contributed by atoms with E-state index in [2.05, 4.69) is 69.4 Å². The molecule has 63 heavy (non-hydrogen) atoms. The normalized spacial score (nSPS) is 12.4. The number of carbonyl (C=O) groups excluding carboxylic acids is 3. The van der Waals surface area contributed by atoms with E-state index in [1.165, 1.54) is 141 Å². The van der Waals surface area contributed by atoms with Crippen LogP contribution in [-0.4, -0.2) is 37.2 Å². The first-order valence-corrected chi connectivity index (χ1v) is 27.1. The molecule has 0 amide bonds. The van der Waals surface area contributed by atoms with Crippen molar-refractivity contribution in [3.63, 3.8) is 0 Å². The van der Waals surface area contributed by atoms with Crippen molar-refractivity contribution in [3.8, 4) is 0 Å². The van der Waals surface area contributed by atoms with Crippen LogP contribution < -0.4 is 0 Å². The number of unbranched alkanes of at least 4 members (excludes halogenated alkanes) is 30. The van der Waals surface area contributed by atoms with Gasteiger partial charge in [0.15, 0.2) is 6.10 Å². The summed E-state index contributed by atoms with van der Waals surface area (Å²) < 4.78 is 16.8. The molecule has 1 unspecified atom stereocenters. The second-order valence-electron chi connectivity index (χ2n) is 18.1. The Morgan fingerprint density at radius 2 is 0.619 bits per heavy atom. The molecule has 0 aliphatic heterocycles. The first-order chi connectivity index (χ1) is 31.0. The molecule has 0 aromatic carbocycles. The quantitative estimate of drug-likeness (QED) is 0.0262. The van der Waals surface area contributed by atoms with Crippen molar-refractivity contribution in [2.24, 2.45) is 0 Å². The van der Waals surface area contributed by atoms with Gasteiger partial charge in [0.1, 0.15) is 13.2 Å². The van der Waals surface area contributed by atoms with Crippen LogP contribution in [0.3, 0.4) is 0 Å². The summed E-state index contributed by atoms with van der Waals surface area (Å²) in [6.45, 7) is 6.53. The summed E-state index contributed by atoms with van der Waals surface area (Å²) in [6.07, 6.45) is 62.3. The fourth-order valence-electron chi connectivity index (χ4n) is 7.75. The second kappa shape index (κ2) is 52.0. The molecular weight excluding hydrogens is 781 g/mol. The highest BCUT2D eigenvalue weighted by Crippen LogP contribution is 2.15. The maximum Gasteiger partial charge on any atom is 0.306 e. The maximum atomic E-state index is 12.8. The largest absolute Gasteiger partial charge is 0.462 e. The first-order valence-electron chi connectivity index (χ1n) is 27.1. The van der Waals surface area contributed by atoms with Gasteiger partial charge in [0.25, 0.3) is 0 Å². The van der Waals surface area contributed by atoms with Gasteiger partial charge in [-0.3, -0.25) is 14.4 Å². The van der Waals surface area contributed by atoms with E-state index in [0.717, 1.165) is 96.3 Å². The Morgan fingerprint density at radius 1 is 0.333 bits per heavy atom. The molecule has 0 saturated carbocycles. The van der Waals surface area contributed by atoms with E-state index < -0.39 is 6.10 Å². The van der Waals surface area contributed by atoms with Gasteiger partial charge in [0.2, 0.25) is 0 Å². The highest BCUT2D eigenvalue weighted by atomic mass is 16.6. The molecule has 0 saturated heterocycles. The molecule has 0 aliphatic rings. The molecule has 0 radical (unpaired) electrons. The Hall–Kier alpha value is -2.63. The van der Waals surface area contributed by atoms with Crippen LogP contribution >= 0.6 is 0 Å². The lowest BCUT2D eigenvalue weighted by Gasteiger charge is -2.18. The molecule has 0 fully saturated rings. The highest BCUT2D eigenvalue weighted by Gasteiger charge is 2.19. The zero-order chi connectivity index (χ0) is 45.8. The summed E-state index contributed by atoms with van der Waals surface area (Å²) in [5.74, 6) is -0.890. The SMILES string of the molecule is CC/C=C\C/C=C\C/C=C\CCCCCCCC(=O)OC(COC(=O)CCCCCCCCC/C=C\CCCCCCCC)COC(=O)CCCCCCCCCCCCCCC. The summed E-state index contributed by atoms with van der Waals surface area (Å²) in [5.41, 5.74) is 0. The van der Waals surface area contributed by atoms with Crippen LogP contribution in [0.5, 0.6) is 0 Å². The van der Waals surface area contributed by atoms with Crippen LogP contribution in [-0.2, 0) is 28.6 Å². The van der Waals surface area contributed by atoms with Crippen LogP contribution in [0.2, 0.25) is 0 Å². The van der Waals surface area contributed by atoms with Crippen LogP contribution in [0.15, 0.2) is 48.6 Å². The molecule has 0 aliphatic carbocycles. The smallest absolute Gasteiger partial charge is 0.306 e. The standard InChI is InChI=1S/C57H102O6/c1-4-7-10-13-16-19-22-25-27-28-30-32-35-38-41-44-47-50-56(59)62-53-54(52-61-55(58)49-46-43-40-37-34-31-24-21-18-15-12-9-6-3)63-57(60)51-48-45-42-39-36-33-29-26-23-20-17-14-11-8-5-2/h8,11,17,20,25-27,29,54H,4-7,9-10,12-16,18-19,21-24,28,30-53H2,1-3H3/b11-8-,20-17-,27-25-,29-26-. The molecule has 0 rings (SSSR count). The minimum absolute atomic E-state index is 0.0789. The van der Waals surface area contributed by atoms with Gasteiger partial charge >= 0.3 is 17.9 Å². The first kappa shape index (κ1) is 60.4. The molecule has 6 heteroatoms. The van der Waals surface area contributed by atoms with E-state index in [4.69, 9.17) is 14.2 Å². The maximum absolute atomic E-state index is 12.8. The Balaban J connectivity index is 4.38. The monoisotopic (exact) mass is 883 g/mol. The number of hydrogen-bond donors (Lipinski definition) is 0. The van der Waals surface area contributed by atoms with E-state index >= 15 is 0 Å². The van der Waals surface area contributed by atoms with Crippen molar-refractivity contribution < 1.29 is 28.6 Å². The van der Waals surface area contributed by atoms with Gasteiger partial charge < -0.3 is 14.2 Å². The zero-order valence-electron chi connectivity index (χ0n) is 41.8. The predicted molar refractivity (Wildman–Crippen MR) is 270 cm³/mol. The van der Waals surface area contributed by atoms with E-state index in [-0.39, 0.29) is 31.1 Å². The number of allylic oxidation sites excluding steroid dienone is 8. The van der Waals surface area contributed by atoms with Gasteiger partial charge in [-0.15, -0.1) is 0 Å². The number of hydrogen-bond acceptors (Lipinski definition) is 6. The molecule has 0 spiro atoms. The molecule has 366 valence electrons. The van der Waals surface area contributed by atoms with Gasteiger partial charge in [-0.25, -0.2) is 0 Å². The molecule has 0 bridgehead atoms. The summed E-state index contributed by atoms with van der Waals surface area (Å²) in [5, 5.41) is 0. The topological polar surface area (TPSA) is 78.9 Å². The third-order valence-corrected chi connectivity index (χ3v) is 11.8. The number of esters is 3. The summed E-state index contributed by atoms with van der Waals surface area (Å²) >= 11 is 0. The van der Waals surface area contributed by atoms with Crippen molar-refractivity contribution in [1.82, 2.24) is 0 Å². The third kappa shape index (κ3) is 50.2. The summed E-state index contributed by atoms with van der Waals surface area (Å²) in [4.78, 5) is 38.0. The number of rotatable bonds is 49. The zero-order valence-corrected chi connectivity index (χ0v) is 41.8. The van der Waals surface area contributed by atoms with E-state index in [9.17, 15) is 14.4 Å². The number of carbonyl (C=O) groups is 3. The minimum atomic E-state index is -0.781. The second-order valence-corrected chi connectivity index (χ2v) is 18.1. The van der Waals surface area contributed by atoms with Crippen molar-refractivity contribution in [3.05, 3.63) is 48.6 Å². The van der Waals surface area contributed by atoms with Gasteiger partial charge in [-0.2, -0.15) is 0 Å². The van der Waals surface area contributed by atoms with Gasteiger partial charge in [0.05, 0.1) is 0 Å².